The molecule has 7 heteroatoms. The molecule has 0 amide bonds. The summed E-state index contributed by atoms with van der Waals surface area (Å²) < 4.78 is 6.93. The fourth-order valence-electron chi connectivity index (χ4n) is 2.69. The predicted molar refractivity (Wildman–Crippen MR) is 94.2 cm³/mol. The molecular formula is C16H18Cl3NO3. The van der Waals surface area contributed by atoms with E-state index >= 15 is 0 Å². The van der Waals surface area contributed by atoms with E-state index in [1.54, 1.807) is 18.5 Å². The molecule has 126 valence electrons. The Kier molecular flexibility index (Phi) is 5.71. The van der Waals surface area contributed by atoms with Gasteiger partial charge in [0.05, 0.1) is 33.1 Å². The second-order valence-corrected chi connectivity index (χ2v) is 6.35. The van der Waals surface area contributed by atoms with Crippen LogP contribution in [0.25, 0.3) is 10.9 Å². The van der Waals surface area contributed by atoms with Crippen molar-refractivity contribution in [3.63, 3.8) is 0 Å². The van der Waals surface area contributed by atoms with Gasteiger partial charge in [-0.25, -0.2) is 4.79 Å². The van der Waals surface area contributed by atoms with Crippen LogP contribution in [-0.2, 0) is 18.2 Å². The van der Waals surface area contributed by atoms with Crippen molar-refractivity contribution in [1.29, 1.82) is 0 Å². The summed E-state index contributed by atoms with van der Waals surface area (Å²) in [4.78, 5) is 12.4. The number of fused-ring (bicyclic) bond motifs is 1. The van der Waals surface area contributed by atoms with Crippen LogP contribution in [0.5, 0.6) is 5.75 Å². The van der Waals surface area contributed by atoms with Crippen molar-refractivity contribution in [3.8, 4) is 5.75 Å². The Bertz CT molecular complexity index is 768. The van der Waals surface area contributed by atoms with Crippen LogP contribution >= 0.6 is 34.8 Å². The molecule has 1 heterocycles. The molecule has 0 aliphatic carbocycles. The zero-order valence-corrected chi connectivity index (χ0v) is 15.4. The lowest BCUT2D eigenvalue weighted by Gasteiger charge is -2.07. The average molecular weight is 379 g/mol. The number of aromatic nitrogens is 1. The number of aromatic hydroxyl groups is 1. The number of carbonyl (C=O) groups excluding carboxylic acids is 1. The summed E-state index contributed by atoms with van der Waals surface area (Å²) in [6.07, 6.45) is 2.50. The van der Waals surface area contributed by atoms with Gasteiger partial charge in [0.25, 0.3) is 0 Å². The number of hydrogen-bond acceptors (Lipinski definition) is 3. The van der Waals surface area contributed by atoms with Gasteiger partial charge in [0.15, 0.2) is 0 Å². The number of benzene rings is 1. The highest BCUT2D eigenvalue weighted by molar-refractivity contribution is 6.51. The minimum atomic E-state index is -0.506. The lowest BCUT2D eigenvalue weighted by molar-refractivity contribution is 0.0527. The molecule has 23 heavy (non-hydrogen) atoms. The van der Waals surface area contributed by atoms with Gasteiger partial charge in [0.1, 0.15) is 10.8 Å². The number of halogens is 3. The van der Waals surface area contributed by atoms with Crippen molar-refractivity contribution in [2.24, 2.45) is 7.05 Å². The third kappa shape index (κ3) is 3.00. The Balaban J connectivity index is 2.90. The molecule has 0 radical (unpaired) electrons. The summed E-state index contributed by atoms with van der Waals surface area (Å²) >= 11 is 18.5. The van der Waals surface area contributed by atoms with Crippen LogP contribution < -0.4 is 0 Å². The first-order valence-electron chi connectivity index (χ1n) is 7.40. The number of phenolic OH excluding ortho intramolecular Hbond substituents is 1. The second-order valence-electron chi connectivity index (χ2n) is 5.22. The van der Waals surface area contributed by atoms with E-state index in [0.717, 1.165) is 18.5 Å². The quantitative estimate of drug-likeness (QED) is 0.562. The predicted octanol–water partition coefficient (Wildman–Crippen LogP) is 5.36. The summed E-state index contributed by atoms with van der Waals surface area (Å²) in [7, 11) is 1.78. The molecule has 4 nitrogen and oxygen atoms in total. The molecule has 2 aromatic rings. The van der Waals surface area contributed by atoms with Gasteiger partial charge >= 0.3 is 5.97 Å². The van der Waals surface area contributed by atoms with Crippen LogP contribution in [0.15, 0.2) is 0 Å². The highest BCUT2D eigenvalue weighted by atomic mass is 35.5. The van der Waals surface area contributed by atoms with Crippen LogP contribution in [0.2, 0.25) is 15.1 Å². The molecule has 0 spiro atoms. The van der Waals surface area contributed by atoms with Gasteiger partial charge in [0, 0.05) is 12.7 Å². The largest absolute Gasteiger partial charge is 0.506 e. The van der Waals surface area contributed by atoms with E-state index in [1.807, 2.05) is 0 Å². The third-order valence-electron chi connectivity index (χ3n) is 3.80. The number of ether oxygens (including phenoxy) is 1. The first-order chi connectivity index (χ1) is 10.9. The first kappa shape index (κ1) is 18.2. The molecule has 0 fully saturated rings. The Morgan fingerprint density at radius 1 is 1.17 bits per heavy atom. The van der Waals surface area contributed by atoms with Gasteiger partial charge in [-0.15, -0.1) is 0 Å². The van der Waals surface area contributed by atoms with E-state index in [4.69, 9.17) is 39.5 Å². The van der Waals surface area contributed by atoms with E-state index in [0.29, 0.717) is 17.5 Å². The smallest absolute Gasteiger partial charge is 0.340 e. The Morgan fingerprint density at radius 2 is 1.83 bits per heavy atom. The van der Waals surface area contributed by atoms with Gasteiger partial charge in [-0.3, -0.25) is 0 Å². The topological polar surface area (TPSA) is 51.5 Å². The lowest BCUT2D eigenvalue weighted by atomic mass is 10.1. The van der Waals surface area contributed by atoms with E-state index in [-0.39, 0.29) is 32.8 Å². The standard InChI is InChI=1S/C16H18Cl3NO3/c1-4-6-7-8-9(16(22)23-5-2)10-14(20(8)3)12(18)11(17)13(19)15(10)21/h21H,4-7H2,1-3H3. The van der Waals surface area contributed by atoms with E-state index in [9.17, 15) is 9.90 Å². The zero-order chi connectivity index (χ0) is 17.3. The average Bonchev–Trinajstić information content (AvgIpc) is 2.82. The number of aryl methyl sites for hydroxylation is 1. The minimum Gasteiger partial charge on any atom is -0.506 e. The van der Waals surface area contributed by atoms with Crippen molar-refractivity contribution in [3.05, 3.63) is 26.3 Å². The highest BCUT2D eigenvalue weighted by Crippen LogP contribution is 2.47. The maximum Gasteiger partial charge on any atom is 0.340 e. The molecule has 0 aliphatic heterocycles. The molecule has 0 atom stereocenters. The molecule has 1 N–H and O–H groups in total. The van der Waals surface area contributed by atoms with E-state index in [1.165, 1.54) is 0 Å². The summed E-state index contributed by atoms with van der Waals surface area (Å²) in [5.41, 5.74) is 1.53. The Morgan fingerprint density at radius 3 is 2.39 bits per heavy atom. The molecular weight excluding hydrogens is 361 g/mol. The van der Waals surface area contributed by atoms with Crippen LogP contribution in [0, 0.1) is 0 Å². The van der Waals surface area contributed by atoms with Gasteiger partial charge in [-0.1, -0.05) is 48.1 Å². The van der Waals surface area contributed by atoms with Crippen LogP contribution in [0.1, 0.15) is 42.7 Å². The normalized spacial score (nSPS) is 11.2. The van der Waals surface area contributed by atoms with Crippen molar-refractivity contribution < 1.29 is 14.6 Å². The molecule has 1 aromatic carbocycles. The van der Waals surface area contributed by atoms with Gasteiger partial charge < -0.3 is 14.4 Å². The SMILES string of the molecule is CCCCc1c(C(=O)OCC)c2c(O)c(Cl)c(Cl)c(Cl)c2n1C. The second kappa shape index (κ2) is 7.20. The number of unbranched alkanes of at least 4 members (excludes halogenated alkanes) is 1. The van der Waals surface area contributed by atoms with Gasteiger partial charge in [0.2, 0.25) is 0 Å². The van der Waals surface area contributed by atoms with Crippen LogP contribution in [0.3, 0.4) is 0 Å². The number of rotatable bonds is 5. The number of esters is 1. The minimum absolute atomic E-state index is 0.0661. The third-order valence-corrected chi connectivity index (χ3v) is 5.11. The molecule has 0 unspecified atom stereocenters. The molecule has 0 bridgehead atoms. The Labute approximate surface area is 149 Å². The summed E-state index contributed by atoms with van der Waals surface area (Å²) in [6, 6.07) is 0. The van der Waals surface area contributed by atoms with Crippen molar-refractivity contribution in [2.75, 3.05) is 6.61 Å². The summed E-state index contributed by atoms with van der Waals surface area (Å²) in [5.74, 6) is -0.758. The molecule has 0 saturated carbocycles. The van der Waals surface area contributed by atoms with Gasteiger partial charge in [-0.2, -0.15) is 0 Å². The number of carbonyl (C=O) groups is 1. The Hall–Kier alpha value is -1.10. The fourth-order valence-corrected chi connectivity index (χ4v) is 3.43. The first-order valence-corrected chi connectivity index (χ1v) is 8.53. The fraction of sp³-hybridized carbons (Fsp3) is 0.438. The maximum atomic E-state index is 12.4. The van der Waals surface area contributed by atoms with Crippen molar-refractivity contribution >= 4 is 51.7 Å². The summed E-state index contributed by atoms with van der Waals surface area (Å²) in [6.45, 7) is 4.02. The van der Waals surface area contributed by atoms with Gasteiger partial charge in [-0.05, 0) is 19.8 Å². The van der Waals surface area contributed by atoms with E-state index < -0.39 is 5.97 Å². The maximum absolute atomic E-state index is 12.4. The number of hydrogen-bond donors (Lipinski definition) is 1. The molecule has 0 aliphatic rings. The summed E-state index contributed by atoms with van der Waals surface area (Å²) in [5, 5.41) is 10.9. The van der Waals surface area contributed by atoms with Crippen molar-refractivity contribution in [2.45, 2.75) is 33.1 Å². The number of phenols is 1. The molecule has 2 rings (SSSR count). The van der Waals surface area contributed by atoms with Crippen LogP contribution in [-0.4, -0.2) is 22.2 Å². The van der Waals surface area contributed by atoms with Crippen LogP contribution in [0.4, 0.5) is 0 Å². The van der Waals surface area contributed by atoms with Crippen molar-refractivity contribution in [1.82, 2.24) is 4.57 Å². The molecule has 0 saturated heterocycles. The highest BCUT2D eigenvalue weighted by Gasteiger charge is 2.29. The lowest BCUT2D eigenvalue weighted by Crippen LogP contribution is -2.09. The zero-order valence-electron chi connectivity index (χ0n) is 13.2. The van der Waals surface area contributed by atoms with E-state index in [2.05, 4.69) is 6.92 Å². The molecule has 1 aromatic heterocycles. The monoisotopic (exact) mass is 377 g/mol. The number of nitrogens with zero attached hydrogens (tertiary/aromatic N) is 1.